The van der Waals surface area contributed by atoms with E-state index < -0.39 is 5.38 Å². The number of hydrogen-bond acceptors (Lipinski definition) is 2. The molecule has 1 aromatic carbocycles. The highest BCUT2D eigenvalue weighted by Crippen LogP contribution is 2.19. The number of esters is 1. The Morgan fingerprint density at radius 2 is 2.25 bits per heavy atom. The lowest BCUT2D eigenvalue weighted by Crippen LogP contribution is -2.20. The lowest BCUT2D eigenvalue weighted by atomic mass is 10.0. The topological polar surface area (TPSA) is 26.3 Å². The molecule has 1 unspecified atom stereocenters. The Morgan fingerprint density at radius 1 is 1.56 bits per heavy atom. The number of ether oxygens (including phenoxy) is 1. The zero-order chi connectivity index (χ0) is 12.1. The van der Waals surface area contributed by atoms with Gasteiger partial charge in [-0.05, 0) is 43.5 Å². The average Bonchev–Trinajstić information content (AvgIpc) is 2.22. The van der Waals surface area contributed by atoms with Crippen molar-refractivity contribution in [1.29, 1.82) is 0 Å². The number of aryl methyl sites for hydroxylation is 1. The number of halogens is 2. The number of carbonyl (C=O) groups excluding carboxylic acids is 1. The Labute approximate surface area is 109 Å². The molecule has 1 atom stereocenters. The van der Waals surface area contributed by atoms with Crippen LogP contribution in [0.2, 0.25) is 0 Å². The Balaban J connectivity index is 2.69. The largest absolute Gasteiger partial charge is 0.465 e. The quantitative estimate of drug-likeness (QED) is 0.629. The number of benzene rings is 1. The second-order valence-corrected chi connectivity index (χ2v) is 4.94. The first-order chi connectivity index (χ1) is 7.54. The summed E-state index contributed by atoms with van der Waals surface area (Å²) in [5.74, 6) is -0.355. The molecule has 16 heavy (non-hydrogen) atoms. The van der Waals surface area contributed by atoms with Crippen LogP contribution in [0.15, 0.2) is 22.7 Å². The third-order valence-corrected chi connectivity index (χ3v) is 3.07. The first kappa shape index (κ1) is 13.5. The van der Waals surface area contributed by atoms with Gasteiger partial charge >= 0.3 is 5.97 Å². The van der Waals surface area contributed by atoms with Gasteiger partial charge < -0.3 is 4.74 Å². The highest BCUT2D eigenvalue weighted by atomic mass is 79.9. The Hall–Kier alpha value is -0.540. The van der Waals surface area contributed by atoms with Crippen molar-refractivity contribution in [3.8, 4) is 0 Å². The Bertz CT molecular complexity index is 379. The predicted octanol–water partition coefficient (Wildman–Crippen LogP) is 3.47. The fourth-order valence-electron chi connectivity index (χ4n) is 1.40. The highest BCUT2D eigenvalue weighted by Gasteiger charge is 2.17. The molecule has 0 heterocycles. The molecule has 0 radical (unpaired) electrons. The summed E-state index contributed by atoms with van der Waals surface area (Å²) in [6, 6.07) is 5.91. The second-order valence-electron chi connectivity index (χ2n) is 3.49. The normalized spacial score (nSPS) is 12.2. The smallest absolute Gasteiger partial charge is 0.324 e. The molecule has 0 aliphatic heterocycles. The Kier molecular flexibility index (Phi) is 5.29. The van der Waals surface area contributed by atoms with Gasteiger partial charge in [0.15, 0.2) is 0 Å². The van der Waals surface area contributed by atoms with E-state index in [0.717, 1.165) is 15.6 Å². The van der Waals surface area contributed by atoms with Crippen LogP contribution in [-0.4, -0.2) is 18.0 Å². The molecule has 0 spiro atoms. The fourth-order valence-corrected chi connectivity index (χ4v) is 2.10. The van der Waals surface area contributed by atoms with Crippen molar-refractivity contribution >= 4 is 33.5 Å². The summed E-state index contributed by atoms with van der Waals surface area (Å²) in [5, 5.41) is -0.611. The van der Waals surface area contributed by atoms with Crippen LogP contribution in [0.4, 0.5) is 0 Å². The maximum absolute atomic E-state index is 11.4. The van der Waals surface area contributed by atoms with Crippen LogP contribution in [0.3, 0.4) is 0 Å². The summed E-state index contributed by atoms with van der Waals surface area (Å²) in [5.41, 5.74) is 2.18. The summed E-state index contributed by atoms with van der Waals surface area (Å²) in [6.45, 7) is 4.13. The predicted molar refractivity (Wildman–Crippen MR) is 68.9 cm³/mol. The van der Waals surface area contributed by atoms with Gasteiger partial charge in [0, 0.05) is 4.47 Å². The summed E-state index contributed by atoms with van der Waals surface area (Å²) in [7, 11) is 0. The van der Waals surface area contributed by atoms with Crippen LogP contribution in [0.25, 0.3) is 0 Å². The fraction of sp³-hybridized carbons (Fsp3) is 0.417. The van der Waals surface area contributed by atoms with E-state index in [9.17, 15) is 4.79 Å². The van der Waals surface area contributed by atoms with Crippen molar-refractivity contribution < 1.29 is 9.53 Å². The summed E-state index contributed by atoms with van der Waals surface area (Å²) < 4.78 is 5.88. The molecule has 0 N–H and O–H groups in total. The third-order valence-electron chi connectivity index (χ3n) is 2.25. The molecular formula is C12H14BrClO2. The van der Waals surface area contributed by atoms with Crippen LogP contribution < -0.4 is 0 Å². The van der Waals surface area contributed by atoms with Crippen molar-refractivity contribution in [2.75, 3.05) is 6.61 Å². The molecule has 4 heteroatoms. The van der Waals surface area contributed by atoms with Crippen molar-refractivity contribution in [2.24, 2.45) is 0 Å². The van der Waals surface area contributed by atoms with Gasteiger partial charge in [0.1, 0.15) is 5.38 Å². The molecular weight excluding hydrogens is 291 g/mol. The first-order valence-corrected chi connectivity index (χ1v) is 6.33. The number of rotatable bonds is 4. The van der Waals surface area contributed by atoms with Gasteiger partial charge in [0.25, 0.3) is 0 Å². The van der Waals surface area contributed by atoms with Crippen LogP contribution in [0.5, 0.6) is 0 Å². The van der Waals surface area contributed by atoms with Crippen molar-refractivity contribution in [3.05, 3.63) is 33.8 Å². The van der Waals surface area contributed by atoms with E-state index >= 15 is 0 Å². The lowest BCUT2D eigenvalue weighted by Gasteiger charge is -2.10. The van der Waals surface area contributed by atoms with Gasteiger partial charge in [-0.2, -0.15) is 0 Å². The molecule has 0 saturated heterocycles. The zero-order valence-corrected chi connectivity index (χ0v) is 11.6. The van der Waals surface area contributed by atoms with E-state index in [1.54, 1.807) is 6.92 Å². The molecule has 1 rings (SSSR count). The monoisotopic (exact) mass is 304 g/mol. The molecule has 88 valence electrons. The average molecular weight is 306 g/mol. The SMILES string of the molecule is CCOC(=O)C(Cl)Cc1ccc(Br)cc1C. The molecule has 2 nitrogen and oxygen atoms in total. The molecule has 0 fully saturated rings. The minimum atomic E-state index is -0.611. The summed E-state index contributed by atoms with van der Waals surface area (Å²) in [6.07, 6.45) is 0.500. The zero-order valence-electron chi connectivity index (χ0n) is 9.30. The minimum Gasteiger partial charge on any atom is -0.465 e. The van der Waals surface area contributed by atoms with Crippen molar-refractivity contribution in [1.82, 2.24) is 0 Å². The molecule has 0 aromatic heterocycles. The van der Waals surface area contributed by atoms with E-state index in [1.807, 2.05) is 25.1 Å². The summed E-state index contributed by atoms with van der Waals surface area (Å²) >= 11 is 9.36. The molecule has 0 bridgehead atoms. The van der Waals surface area contributed by atoms with Crippen LogP contribution in [0, 0.1) is 6.92 Å². The van der Waals surface area contributed by atoms with E-state index in [1.165, 1.54) is 0 Å². The molecule has 0 aliphatic carbocycles. The molecule has 1 aromatic rings. The van der Waals surface area contributed by atoms with E-state index in [2.05, 4.69) is 15.9 Å². The van der Waals surface area contributed by atoms with Gasteiger partial charge in [-0.1, -0.05) is 22.0 Å². The van der Waals surface area contributed by atoms with Gasteiger partial charge in [-0.25, -0.2) is 0 Å². The minimum absolute atomic E-state index is 0.355. The van der Waals surface area contributed by atoms with Crippen LogP contribution >= 0.6 is 27.5 Å². The van der Waals surface area contributed by atoms with E-state index in [4.69, 9.17) is 16.3 Å². The maximum Gasteiger partial charge on any atom is 0.324 e. The standard InChI is InChI=1S/C12H14BrClO2/c1-3-16-12(15)11(14)7-9-4-5-10(13)6-8(9)2/h4-6,11H,3,7H2,1-2H3. The van der Waals surface area contributed by atoms with Crippen LogP contribution in [-0.2, 0) is 16.0 Å². The second kappa shape index (κ2) is 6.26. The van der Waals surface area contributed by atoms with Crippen LogP contribution in [0.1, 0.15) is 18.1 Å². The molecule has 0 aliphatic rings. The van der Waals surface area contributed by atoms with Crippen molar-refractivity contribution in [3.63, 3.8) is 0 Å². The van der Waals surface area contributed by atoms with E-state index in [0.29, 0.717) is 13.0 Å². The maximum atomic E-state index is 11.4. The Morgan fingerprint density at radius 3 is 2.81 bits per heavy atom. The van der Waals surface area contributed by atoms with Gasteiger partial charge in [0.05, 0.1) is 6.61 Å². The number of carbonyl (C=O) groups is 1. The van der Waals surface area contributed by atoms with Gasteiger partial charge in [-0.15, -0.1) is 11.6 Å². The lowest BCUT2D eigenvalue weighted by molar-refractivity contribution is -0.142. The first-order valence-electron chi connectivity index (χ1n) is 5.10. The van der Waals surface area contributed by atoms with Crippen molar-refractivity contribution in [2.45, 2.75) is 25.6 Å². The molecule has 0 amide bonds. The third kappa shape index (κ3) is 3.80. The highest BCUT2D eigenvalue weighted by molar-refractivity contribution is 9.10. The van der Waals surface area contributed by atoms with E-state index in [-0.39, 0.29) is 5.97 Å². The number of hydrogen-bond donors (Lipinski definition) is 0. The van der Waals surface area contributed by atoms with Gasteiger partial charge in [0.2, 0.25) is 0 Å². The summed E-state index contributed by atoms with van der Waals surface area (Å²) in [4.78, 5) is 11.4. The van der Waals surface area contributed by atoms with Gasteiger partial charge in [-0.3, -0.25) is 4.79 Å². The number of alkyl halides is 1. The molecule has 0 saturated carbocycles.